The molecule has 2 aromatic rings. The van der Waals surface area contributed by atoms with Gasteiger partial charge in [-0.05, 0) is 36.2 Å². The number of para-hydroxylation sites is 1. The van der Waals surface area contributed by atoms with Crippen molar-refractivity contribution in [3.63, 3.8) is 0 Å². The molecule has 0 radical (unpaired) electrons. The molecule has 1 N–H and O–H groups in total. The summed E-state index contributed by atoms with van der Waals surface area (Å²) in [6.07, 6.45) is 5.72. The maximum atomic E-state index is 11.9. The molecular weight excluding hydrogens is 246 g/mol. The Morgan fingerprint density at radius 2 is 1.85 bits per heavy atom. The van der Waals surface area contributed by atoms with Crippen molar-refractivity contribution in [2.75, 3.05) is 11.9 Å². The van der Waals surface area contributed by atoms with Crippen molar-refractivity contribution >= 4 is 11.5 Å². The highest BCUT2D eigenvalue weighted by Crippen LogP contribution is 2.12. The van der Waals surface area contributed by atoms with Crippen molar-refractivity contribution in [2.45, 2.75) is 13.3 Å². The summed E-state index contributed by atoms with van der Waals surface area (Å²) in [5.41, 5.74) is 3.96. The second-order valence-electron chi connectivity index (χ2n) is 4.73. The van der Waals surface area contributed by atoms with Crippen LogP contribution in [0.15, 0.2) is 48.5 Å². The molecule has 0 aliphatic rings. The molecule has 20 heavy (non-hydrogen) atoms. The predicted molar refractivity (Wildman–Crippen MR) is 82.8 cm³/mol. The van der Waals surface area contributed by atoms with Crippen LogP contribution in [0.2, 0.25) is 0 Å². The van der Waals surface area contributed by atoms with E-state index in [-0.39, 0.29) is 5.78 Å². The number of anilines is 1. The van der Waals surface area contributed by atoms with Gasteiger partial charge in [0.1, 0.15) is 0 Å². The van der Waals surface area contributed by atoms with E-state index in [1.807, 2.05) is 55.5 Å². The van der Waals surface area contributed by atoms with E-state index in [2.05, 4.69) is 11.2 Å². The van der Waals surface area contributed by atoms with Crippen LogP contribution in [0, 0.1) is 19.3 Å². The van der Waals surface area contributed by atoms with E-state index in [0.29, 0.717) is 13.0 Å². The van der Waals surface area contributed by atoms with Crippen LogP contribution in [-0.2, 0) is 11.2 Å². The van der Waals surface area contributed by atoms with Gasteiger partial charge in [0.25, 0.3) is 0 Å². The smallest absolute Gasteiger partial charge is 0.156 e. The van der Waals surface area contributed by atoms with Crippen LogP contribution in [0.3, 0.4) is 0 Å². The number of aryl methyl sites for hydroxylation is 1. The van der Waals surface area contributed by atoms with E-state index < -0.39 is 0 Å². The molecular formula is C18H17NO. The molecule has 0 saturated carbocycles. The highest BCUT2D eigenvalue weighted by atomic mass is 16.1. The zero-order chi connectivity index (χ0) is 14.4. The first kappa shape index (κ1) is 13.9. The molecule has 0 bridgehead atoms. The van der Waals surface area contributed by atoms with Gasteiger partial charge < -0.3 is 5.32 Å². The van der Waals surface area contributed by atoms with Gasteiger partial charge in [-0.2, -0.15) is 0 Å². The van der Waals surface area contributed by atoms with E-state index in [1.165, 1.54) is 0 Å². The highest BCUT2D eigenvalue weighted by molar-refractivity contribution is 5.85. The minimum absolute atomic E-state index is 0.154. The maximum absolute atomic E-state index is 11.9. The molecule has 0 fully saturated rings. The number of hydrogen-bond acceptors (Lipinski definition) is 2. The van der Waals surface area contributed by atoms with Gasteiger partial charge in [-0.15, -0.1) is 6.42 Å². The number of hydrogen-bond donors (Lipinski definition) is 1. The first-order valence-corrected chi connectivity index (χ1v) is 6.56. The average molecular weight is 263 g/mol. The van der Waals surface area contributed by atoms with Gasteiger partial charge in [0.2, 0.25) is 0 Å². The molecule has 0 heterocycles. The second-order valence-corrected chi connectivity index (χ2v) is 4.73. The topological polar surface area (TPSA) is 29.1 Å². The fourth-order valence-electron chi connectivity index (χ4n) is 1.97. The third kappa shape index (κ3) is 3.73. The SMILES string of the molecule is C#Cc1ccc(CC(=O)CNc2ccccc2C)cc1. The molecule has 2 aromatic carbocycles. The Labute approximate surface area is 119 Å². The number of benzene rings is 2. The molecule has 0 amide bonds. The molecule has 0 unspecified atom stereocenters. The molecule has 0 saturated heterocycles. The monoisotopic (exact) mass is 263 g/mol. The number of terminal acetylenes is 1. The minimum Gasteiger partial charge on any atom is -0.378 e. The number of nitrogens with one attached hydrogen (secondary N) is 1. The predicted octanol–water partition coefficient (Wildman–Crippen LogP) is 3.20. The lowest BCUT2D eigenvalue weighted by molar-refractivity contribution is -0.116. The summed E-state index contributed by atoms with van der Waals surface area (Å²) in [6, 6.07) is 15.5. The fourth-order valence-corrected chi connectivity index (χ4v) is 1.97. The van der Waals surface area contributed by atoms with Crippen molar-refractivity contribution < 1.29 is 4.79 Å². The van der Waals surface area contributed by atoms with Gasteiger partial charge in [0, 0.05) is 17.7 Å². The zero-order valence-electron chi connectivity index (χ0n) is 11.5. The van der Waals surface area contributed by atoms with E-state index in [0.717, 1.165) is 22.4 Å². The van der Waals surface area contributed by atoms with Crippen LogP contribution in [-0.4, -0.2) is 12.3 Å². The van der Waals surface area contributed by atoms with Crippen LogP contribution in [0.25, 0.3) is 0 Å². The molecule has 0 spiro atoms. The Bertz CT molecular complexity index is 635. The van der Waals surface area contributed by atoms with Crippen molar-refractivity contribution in [3.8, 4) is 12.3 Å². The van der Waals surface area contributed by atoms with E-state index in [4.69, 9.17) is 6.42 Å². The van der Waals surface area contributed by atoms with Gasteiger partial charge in [0.05, 0.1) is 6.54 Å². The van der Waals surface area contributed by atoms with Crippen LogP contribution >= 0.6 is 0 Å². The molecule has 0 atom stereocenters. The first-order valence-electron chi connectivity index (χ1n) is 6.56. The molecule has 2 rings (SSSR count). The quantitative estimate of drug-likeness (QED) is 0.839. The average Bonchev–Trinajstić information content (AvgIpc) is 2.47. The van der Waals surface area contributed by atoms with Gasteiger partial charge in [-0.1, -0.05) is 36.3 Å². The number of carbonyl (C=O) groups excluding carboxylic acids is 1. The largest absolute Gasteiger partial charge is 0.378 e. The first-order chi connectivity index (χ1) is 9.69. The molecule has 2 heteroatoms. The van der Waals surface area contributed by atoms with Crippen molar-refractivity contribution in [3.05, 3.63) is 65.2 Å². The normalized spacial score (nSPS) is 9.80. The van der Waals surface area contributed by atoms with Crippen LogP contribution in [0.4, 0.5) is 5.69 Å². The third-order valence-electron chi connectivity index (χ3n) is 3.14. The Morgan fingerprint density at radius 3 is 2.50 bits per heavy atom. The van der Waals surface area contributed by atoms with Crippen molar-refractivity contribution in [1.29, 1.82) is 0 Å². The Kier molecular flexibility index (Phi) is 4.57. The second kappa shape index (κ2) is 6.58. The fraction of sp³-hybridized carbons (Fsp3) is 0.167. The summed E-state index contributed by atoms with van der Waals surface area (Å²) >= 11 is 0. The third-order valence-corrected chi connectivity index (χ3v) is 3.14. The van der Waals surface area contributed by atoms with Crippen molar-refractivity contribution in [2.24, 2.45) is 0 Å². The van der Waals surface area contributed by atoms with Crippen LogP contribution in [0.1, 0.15) is 16.7 Å². The number of Topliss-reactive ketones (excluding diaryl/α,β-unsaturated/α-hetero) is 1. The molecule has 2 nitrogen and oxygen atoms in total. The molecule has 0 aromatic heterocycles. The summed E-state index contributed by atoms with van der Waals surface area (Å²) in [5, 5.41) is 3.17. The number of carbonyl (C=O) groups is 1. The Balaban J connectivity index is 1.89. The molecule has 100 valence electrons. The summed E-state index contributed by atoms with van der Waals surface area (Å²) in [4.78, 5) is 11.9. The van der Waals surface area contributed by atoms with Crippen LogP contribution in [0.5, 0.6) is 0 Å². The van der Waals surface area contributed by atoms with Gasteiger partial charge >= 0.3 is 0 Å². The Hall–Kier alpha value is -2.53. The molecule has 0 aliphatic heterocycles. The zero-order valence-corrected chi connectivity index (χ0v) is 11.5. The van der Waals surface area contributed by atoms with E-state index in [1.54, 1.807) is 0 Å². The lowest BCUT2D eigenvalue weighted by Gasteiger charge is -2.08. The highest BCUT2D eigenvalue weighted by Gasteiger charge is 2.04. The lowest BCUT2D eigenvalue weighted by atomic mass is 10.1. The van der Waals surface area contributed by atoms with E-state index in [9.17, 15) is 4.79 Å². The summed E-state index contributed by atoms with van der Waals surface area (Å²) < 4.78 is 0. The summed E-state index contributed by atoms with van der Waals surface area (Å²) in [5.74, 6) is 2.72. The lowest BCUT2D eigenvalue weighted by Crippen LogP contribution is -2.16. The maximum Gasteiger partial charge on any atom is 0.156 e. The van der Waals surface area contributed by atoms with Gasteiger partial charge in [-0.25, -0.2) is 0 Å². The van der Waals surface area contributed by atoms with Gasteiger partial charge in [-0.3, -0.25) is 4.79 Å². The summed E-state index contributed by atoms with van der Waals surface area (Å²) in [6.45, 7) is 2.35. The standard InChI is InChI=1S/C18H17NO/c1-3-15-8-10-16(11-9-15)12-17(20)13-19-18-7-5-4-6-14(18)2/h1,4-11,19H,12-13H2,2H3. The van der Waals surface area contributed by atoms with Crippen molar-refractivity contribution in [1.82, 2.24) is 0 Å². The minimum atomic E-state index is 0.154. The summed E-state index contributed by atoms with van der Waals surface area (Å²) in [7, 11) is 0. The van der Waals surface area contributed by atoms with Gasteiger partial charge in [0.15, 0.2) is 5.78 Å². The number of rotatable bonds is 5. The van der Waals surface area contributed by atoms with Crippen LogP contribution < -0.4 is 5.32 Å². The molecule has 0 aliphatic carbocycles. The number of ketones is 1. The van der Waals surface area contributed by atoms with E-state index >= 15 is 0 Å². The Morgan fingerprint density at radius 1 is 1.15 bits per heavy atom.